The van der Waals surface area contributed by atoms with Crippen molar-refractivity contribution in [2.45, 2.75) is 46.1 Å². The summed E-state index contributed by atoms with van der Waals surface area (Å²) in [6.07, 6.45) is 5.98. The molecule has 102 valence electrons. The molecule has 0 aliphatic carbocycles. The van der Waals surface area contributed by atoms with Gasteiger partial charge in [-0.25, -0.2) is 4.79 Å². The van der Waals surface area contributed by atoms with Gasteiger partial charge >= 0.3 is 5.97 Å². The molecule has 0 spiro atoms. The minimum absolute atomic E-state index is 0.232. The molecule has 0 saturated carbocycles. The van der Waals surface area contributed by atoms with Gasteiger partial charge in [0.25, 0.3) is 0 Å². The minimum atomic E-state index is -0.932. The van der Waals surface area contributed by atoms with Crippen LogP contribution in [0, 0.1) is 0 Å². The molecule has 1 N–H and O–H groups in total. The Bertz CT molecular complexity index is 352. The summed E-state index contributed by atoms with van der Waals surface area (Å²) >= 11 is 0. The molecule has 0 amide bonds. The fourth-order valence-corrected chi connectivity index (χ4v) is 1.83. The number of rotatable bonds is 9. The van der Waals surface area contributed by atoms with Crippen LogP contribution in [0.1, 0.15) is 55.6 Å². The average molecular weight is 253 g/mol. The summed E-state index contributed by atoms with van der Waals surface area (Å²) in [4.78, 5) is 13.1. The van der Waals surface area contributed by atoms with Crippen molar-refractivity contribution in [3.63, 3.8) is 0 Å². The fraction of sp³-hybridized carbons (Fsp3) is 0.643. The molecule has 1 aromatic rings. The van der Waals surface area contributed by atoms with Crippen LogP contribution in [0.5, 0.6) is 0 Å². The molecule has 0 aliphatic rings. The van der Waals surface area contributed by atoms with Gasteiger partial charge in [-0.05, 0) is 32.0 Å². The average Bonchev–Trinajstić information content (AvgIpc) is 2.81. The highest BCUT2D eigenvalue weighted by molar-refractivity contribution is 5.87. The number of hydrogen-bond acceptors (Lipinski definition) is 3. The Balaban J connectivity index is 2.54. The van der Waals surface area contributed by atoms with E-state index in [-0.39, 0.29) is 5.56 Å². The molecular weight excluding hydrogens is 230 g/mol. The van der Waals surface area contributed by atoms with E-state index >= 15 is 0 Å². The van der Waals surface area contributed by atoms with E-state index in [4.69, 9.17) is 9.52 Å². The van der Waals surface area contributed by atoms with Crippen molar-refractivity contribution in [3.05, 3.63) is 23.7 Å². The number of hydrogen-bond donors (Lipinski definition) is 1. The zero-order valence-corrected chi connectivity index (χ0v) is 11.3. The number of carbonyl (C=O) groups is 1. The number of aromatic carboxylic acids is 1. The molecule has 0 aliphatic heterocycles. The van der Waals surface area contributed by atoms with Crippen LogP contribution in [0.2, 0.25) is 0 Å². The molecule has 0 aromatic carbocycles. The van der Waals surface area contributed by atoms with E-state index in [0.29, 0.717) is 6.54 Å². The zero-order chi connectivity index (χ0) is 13.4. The molecule has 1 aromatic heterocycles. The van der Waals surface area contributed by atoms with Crippen molar-refractivity contribution in [2.24, 2.45) is 0 Å². The smallest absolute Gasteiger partial charge is 0.338 e. The van der Waals surface area contributed by atoms with Gasteiger partial charge in [-0.15, -0.1) is 0 Å². The van der Waals surface area contributed by atoms with Crippen LogP contribution in [0.15, 0.2) is 16.7 Å². The molecule has 18 heavy (non-hydrogen) atoms. The summed E-state index contributed by atoms with van der Waals surface area (Å²) < 4.78 is 5.29. The van der Waals surface area contributed by atoms with Gasteiger partial charge in [-0.3, -0.25) is 4.90 Å². The second kappa shape index (κ2) is 7.93. The van der Waals surface area contributed by atoms with Gasteiger partial charge in [0.1, 0.15) is 12.0 Å². The van der Waals surface area contributed by atoms with Crippen LogP contribution >= 0.6 is 0 Å². The summed E-state index contributed by atoms with van der Waals surface area (Å²) in [6.45, 7) is 7.13. The summed E-state index contributed by atoms with van der Waals surface area (Å²) in [5.41, 5.74) is 0.232. The third kappa shape index (κ3) is 4.92. The van der Waals surface area contributed by atoms with Crippen LogP contribution in [0.4, 0.5) is 0 Å². The topological polar surface area (TPSA) is 53.7 Å². The molecular formula is C14H23NO3. The molecule has 0 saturated heterocycles. The minimum Gasteiger partial charge on any atom is -0.478 e. The third-order valence-electron chi connectivity index (χ3n) is 2.94. The van der Waals surface area contributed by atoms with Gasteiger partial charge in [-0.1, -0.05) is 26.7 Å². The van der Waals surface area contributed by atoms with Crippen molar-refractivity contribution >= 4 is 5.97 Å². The SMILES string of the molecule is CCCCN(CCCC)Cc1cc(C(=O)O)co1. The van der Waals surface area contributed by atoms with Crippen LogP contribution < -0.4 is 0 Å². The van der Waals surface area contributed by atoms with Gasteiger partial charge in [0.05, 0.1) is 12.1 Å². The number of unbranched alkanes of at least 4 members (excludes halogenated alkanes) is 2. The Morgan fingerprint density at radius 3 is 2.33 bits per heavy atom. The molecule has 0 fully saturated rings. The van der Waals surface area contributed by atoms with Gasteiger partial charge in [0.15, 0.2) is 0 Å². The molecule has 1 heterocycles. The predicted molar refractivity (Wildman–Crippen MR) is 70.8 cm³/mol. The normalized spacial score (nSPS) is 11.1. The number of nitrogens with zero attached hydrogens (tertiary/aromatic N) is 1. The third-order valence-corrected chi connectivity index (χ3v) is 2.94. The first-order valence-electron chi connectivity index (χ1n) is 6.70. The van der Waals surface area contributed by atoms with Gasteiger partial charge in [-0.2, -0.15) is 0 Å². The first kappa shape index (κ1) is 14.8. The van der Waals surface area contributed by atoms with Crippen molar-refractivity contribution in [1.29, 1.82) is 0 Å². The zero-order valence-electron chi connectivity index (χ0n) is 11.3. The predicted octanol–water partition coefficient (Wildman–Crippen LogP) is 3.38. The van der Waals surface area contributed by atoms with Crippen LogP contribution in [-0.2, 0) is 6.54 Å². The molecule has 0 atom stereocenters. The lowest BCUT2D eigenvalue weighted by molar-refractivity contribution is 0.0696. The molecule has 0 radical (unpaired) electrons. The lowest BCUT2D eigenvalue weighted by atomic mass is 10.2. The largest absolute Gasteiger partial charge is 0.478 e. The van der Waals surface area contributed by atoms with Crippen LogP contribution in [-0.4, -0.2) is 29.1 Å². The first-order chi connectivity index (χ1) is 8.67. The lowest BCUT2D eigenvalue weighted by Crippen LogP contribution is -2.25. The van der Waals surface area contributed by atoms with Crippen molar-refractivity contribution < 1.29 is 14.3 Å². The summed E-state index contributed by atoms with van der Waals surface area (Å²) in [6, 6.07) is 1.62. The van der Waals surface area contributed by atoms with Crippen molar-refractivity contribution in [3.8, 4) is 0 Å². The highest BCUT2D eigenvalue weighted by Crippen LogP contribution is 2.12. The Kier molecular flexibility index (Phi) is 6.50. The van der Waals surface area contributed by atoms with E-state index in [0.717, 1.165) is 31.7 Å². The van der Waals surface area contributed by atoms with Crippen molar-refractivity contribution in [2.75, 3.05) is 13.1 Å². The highest BCUT2D eigenvalue weighted by atomic mass is 16.4. The van der Waals surface area contributed by atoms with E-state index in [1.807, 2.05) is 0 Å². The second-order valence-corrected chi connectivity index (χ2v) is 4.59. The van der Waals surface area contributed by atoms with E-state index in [1.54, 1.807) is 6.07 Å². The summed E-state index contributed by atoms with van der Waals surface area (Å²) in [5, 5.41) is 8.84. The standard InChI is InChI=1S/C14H23NO3/c1-3-5-7-15(8-6-4-2)10-13-9-12(11-18-13)14(16)17/h9,11H,3-8,10H2,1-2H3,(H,16,17). The maximum absolute atomic E-state index is 10.8. The monoisotopic (exact) mass is 253 g/mol. The molecule has 0 unspecified atom stereocenters. The molecule has 1 rings (SSSR count). The Morgan fingerprint density at radius 1 is 1.28 bits per heavy atom. The van der Waals surface area contributed by atoms with Crippen molar-refractivity contribution in [1.82, 2.24) is 4.90 Å². The Morgan fingerprint density at radius 2 is 1.89 bits per heavy atom. The highest BCUT2D eigenvalue weighted by Gasteiger charge is 2.11. The van der Waals surface area contributed by atoms with Crippen LogP contribution in [0.25, 0.3) is 0 Å². The van der Waals surface area contributed by atoms with E-state index in [9.17, 15) is 4.79 Å². The second-order valence-electron chi connectivity index (χ2n) is 4.59. The van der Waals surface area contributed by atoms with Crippen LogP contribution in [0.3, 0.4) is 0 Å². The Labute approximate surface area is 109 Å². The van der Waals surface area contributed by atoms with E-state index in [1.165, 1.54) is 19.1 Å². The number of carboxylic acids is 1. The van der Waals surface area contributed by atoms with Gasteiger partial charge < -0.3 is 9.52 Å². The molecule has 0 bridgehead atoms. The fourth-order valence-electron chi connectivity index (χ4n) is 1.83. The summed E-state index contributed by atoms with van der Waals surface area (Å²) in [7, 11) is 0. The maximum Gasteiger partial charge on any atom is 0.338 e. The number of furan rings is 1. The number of carboxylic acid groups (broad SMARTS) is 1. The Hall–Kier alpha value is -1.29. The molecule has 4 heteroatoms. The molecule has 4 nitrogen and oxygen atoms in total. The van der Waals surface area contributed by atoms with E-state index < -0.39 is 5.97 Å². The quantitative estimate of drug-likeness (QED) is 0.733. The first-order valence-corrected chi connectivity index (χ1v) is 6.70. The van der Waals surface area contributed by atoms with E-state index in [2.05, 4.69) is 18.7 Å². The lowest BCUT2D eigenvalue weighted by Gasteiger charge is -2.20. The maximum atomic E-state index is 10.8. The van der Waals surface area contributed by atoms with Gasteiger partial charge in [0.2, 0.25) is 0 Å². The summed E-state index contributed by atoms with van der Waals surface area (Å²) in [5.74, 6) is -0.196. The van der Waals surface area contributed by atoms with Gasteiger partial charge in [0, 0.05) is 0 Å².